The summed E-state index contributed by atoms with van der Waals surface area (Å²) in [5, 5.41) is 2.75. The average molecular weight is 459 g/mol. The molecule has 2 heterocycles. The number of hydrogen-bond donors (Lipinski definition) is 1. The van der Waals surface area contributed by atoms with Gasteiger partial charge in [0.05, 0.1) is 25.5 Å². The molecule has 0 saturated heterocycles. The van der Waals surface area contributed by atoms with Gasteiger partial charge in [-0.3, -0.25) is 14.7 Å². The molecule has 0 radical (unpaired) electrons. The number of rotatable bonds is 6. The van der Waals surface area contributed by atoms with E-state index in [4.69, 9.17) is 9.47 Å². The van der Waals surface area contributed by atoms with Gasteiger partial charge in [-0.2, -0.15) is 0 Å². The lowest BCUT2D eigenvalue weighted by Gasteiger charge is -2.18. The molecular weight excluding hydrogens is 438 g/mol. The van der Waals surface area contributed by atoms with E-state index in [1.54, 1.807) is 67.6 Å². The van der Waals surface area contributed by atoms with Gasteiger partial charge in [-0.1, -0.05) is 55.5 Å². The van der Waals surface area contributed by atoms with Gasteiger partial charge in [0, 0.05) is 17.0 Å². The van der Waals surface area contributed by atoms with Crippen molar-refractivity contribution in [1.29, 1.82) is 0 Å². The number of aromatic amines is 1. The van der Waals surface area contributed by atoms with E-state index < -0.39 is 23.4 Å². The number of methoxy groups -OCH3 is 2. The van der Waals surface area contributed by atoms with Crippen molar-refractivity contribution in [2.75, 3.05) is 14.2 Å². The van der Waals surface area contributed by atoms with Crippen LogP contribution in [0.5, 0.6) is 0 Å². The van der Waals surface area contributed by atoms with E-state index in [1.165, 1.54) is 4.68 Å². The number of nitrogens with one attached hydrogen (secondary N) is 1. The van der Waals surface area contributed by atoms with Crippen molar-refractivity contribution >= 4 is 28.8 Å². The van der Waals surface area contributed by atoms with Crippen LogP contribution in [0.2, 0.25) is 0 Å². The Hall–Kier alpha value is -4.53. The molecule has 2 aromatic heterocycles. The average Bonchev–Trinajstić information content (AvgIpc) is 3.22. The van der Waals surface area contributed by atoms with Gasteiger partial charge in [0.2, 0.25) is 0 Å². The van der Waals surface area contributed by atoms with E-state index in [1.807, 2.05) is 0 Å². The number of ketones is 1. The number of H-pyrrole nitrogens is 1. The van der Waals surface area contributed by atoms with Crippen molar-refractivity contribution in [2.24, 2.45) is 0 Å². The number of aromatic nitrogens is 3. The van der Waals surface area contributed by atoms with Gasteiger partial charge >= 0.3 is 11.9 Å². The monoisotopic (exact) mass is 459 g/mol. The first-order valence-corrected chi connectivity index (χ1v) is 10.4. The zero-order valence-corrected chi connectivity index (χ0v) is 18.7. The fourth-order valence-electron chi connectivity index (χ4n) is 3.89. The molecule has 0 saturated carbocycles. The summed E-state index contributed by atoms with van der Waals surface area (Å²) >= 11 is 0. The Kier molecular flexibility index (Phi) is 6.09. The van der Waals surface area contributed by atoms with Gasteiger partial charge in [-0.15, -0.1) is 0 Å². The predicted octanol–water partition coefficient (Wildman–Crippen LogP) is 3.27. The fourth-order valence-corrected chi connectivity index (χ4v) is 3.89. The SMILES string of the molecule is COC(=O)c1nc2[nH]n(-c3ccccc3)c(=O)c2c(C(=O)OC)c1C(C)C(=O)c1ccccc1. The van der Waals surface area contributed by atoms with E-state index in [0.29, 0.717) is 11.3 Å². The molecule has 34 heavy (non-hydrogen) atoms. The number of carbonyl (C=O) groups is 3. The van der Waals surface area contributed by atoms with Gasteiger partial charge in [-0.05, 0) is 12.1 Å². The Morgan fingerprint density at radius 3 is 2.09 bits per heavy atom. The lowest BCUT2D eigenvalue weighted by Crippen LogP contribution is -2.23. The number of Topliss-reactive ketones (excluding diaryl/α,β-unsaturated/α-hetero) is 1. The van der Waals surface area contributed by atoms with Crippen molar-refractivity contribution in [2.45, 2.75) is 12.8 Å². The van der Waals surface area contributed by atoms with Crippen LogP contribution in [0.25, 0.3) is 16.7 Å². The molecule has 4 rings (SSSR count). The maximum Gasteiger partial charge on any atom is 0.357 e. The van der Waals surface area contributed by atoms with Crippen LogP contribution in [0.1, 0.15) is 49.6 Å². The number of para-hydroxylation sites is 1. The summed E-state index contributed by atoms with van der Waals surface area (Å²) in [5.41, 5.74) is -0.220. The van der Waals surface area contributed by atoms with Crippen molar-refractivity contribution < 1.29 is 23.9 Å². The summed E-state index contributed by atoms with van der Waals surface area (Å²) < 4.78 is 11.1. The van der Waals surface area contributed by atoms with E-state index >= 15 is 0 Å². The van der Waals surface area contributed by atoms with Crippen LogP contribution in [0.3, 0.4) is 0 Å². The first kappa shape index (κ1) is 22.7. The number of fused-ring (bicyclic) bond motifs is 1. The quantitative estimate of drug-likeness (QED) is 0.347. The number of benzene rings is 2. The number of pyridine rings is 1. The minimum absolute atomic E-state index is 0.0160. The van der Waals surface area contributed by atoms with Crippen molar-refractivity contribution in [3.8, 4) is 5.69 Å². The number of esters is 2. The van der Waals surface area contributed by atoms with Crippen LogP contribution >= 0.6 is 0 Å². The molecule has 9 heteroatoms. The number of ether oxygens (including phenoxy) is 2. The zero-order valence-electron chi connectivity index (χ0n) is 18.7. The molecule has 2 aromatic carbocycles. The Morgan fingerprint density at radius 2 is 1.50 bits per heavy atom. The molecule has 1 N–H and O–H groups in total. The molecule has 0 aliphatic rings. The lowest BCUT2D eigenvalue weighted by molar-refractivity contribution is 0.0591. The van der Waals surface area contributed by atoms with Gasteiger partial charge in [0.15, 0.2) is 17.1 Å². The summed E-state index contributed by atoms with van der Waals surface area (Å²) in [5.74, 6) is -3.11. The Balaban J connectivity index is 2.08. The van der Waals surface area contributed by atoms with Crippen LogP contribution < -0.4 is 5.56 Å². The maximum atomic E-state index is 13.4. The summed E-state index contributed by atoms with van der Waals surface area (Å²) in [6, 6.07) is 17.1. The summed E-state index contributed by atoms with van der Waals surface area (Å²) in [7, 11) is 2.32. The number of hydrogen-bond acceptors (Lipinski definition) is 7. The fraction of sp³-hybridized carbons (Fsp3) is 0.160. The largest absolute Gasteiger partial charge is 0.465 e. The highest BCUT2D eigenvalue weighted by Crippen LogP contribution is 2.31. The molecule has 0 aliphatic carbocycles. The maximum absolute atomic E-state index is 13.4. The minimum Gasteiger partial charge on any atom is -0.465 e. The third-order valence-electron chi connectivity index (χ3n) is 5.54. The molecular formula is C25H21N3O6. The second-order valence-corrected chi connectivity index (χ2v) is 7.50. The van der Waals surface area contributed by atoms with Crippen LogP contribution in [0.15, 0.2) is 65.5 Å². The van der Waals surface area contributed by atoms with E-state index in [-0.39, 0.29) is 33.6 Å². The molecule has 0 spiro atoms. The van der Waals surface area contributed by atoms with E-state index in [2.05, 4.69) is 10.1 Å². The van der Waals surface area contributed by atoms with Crippen molar-refractivity contribution in [3.63, 3.8) is 0 Å². The topological polar surface area (TPSA) is 120 Å². The highest BCUT2D eigenvalue weighted by Gasteiger charge is 2.34. The second-order valence-electron chi connectivity index (χ2n) is 7.50. The summed E-state index contributed by atoms with van der Waals surface area (Å²) in [6.07, 6.45) is 0. The minimum atomic E-state index is -1.01. The van der Waals surface area contributed by atoms with Gasteiger partial charge in [-0.25, -0.2) is 19.3 Å². The zero-order chi connectivity index (χ0) is 24.4. The highest BCUT2D eigenvalue weighted by molar-refractivity contribution is 6.11. The second kappa shape index (κ2) is 9.14. The Morgan fingerprint density at radius 1 is 0.912 bits per heavy atom. The lowest BCUT2D eigenvalue weighted by atomic mass is 9.87. The molecule has 0 fully saturated rings. The highest BCUT2D eigenvalue weighted by atomic mass is 16.5. The molecule has 0 bridgehead atoms. The Bertz CT molecular complexity index is 1460. The standard InChI is InChI=1S/C25H21N3O6/c1-14(21(29)15-10-6-4-7-11-15)17-18(24(31)33-2)19-22(26-20(17)25(32)34-3)27-28(23(19)30)16-12-8-5-9-13-16/h4-14H,1-3H3,(H,26,27). The Labute approximate surface area is 193 Å². The predicted molar refractivity (Wildman–Crippen MR) is 124 cm³/mol. The molecule has 9 nitrogen and oxygen atoms in total. The molecule has 1 unspecified atom stereocenters. The number of nitrogens with zero attached hydrogens (tertiary/aromatic N) is 2. The smallest absolute Gasteiger partial charge is 0.357 e. The third-order valence-corrected chi connectivity index (χ3v) is 5.54. The molecule has 4 aromatic rings. The summed E-state index contributed by atoms with van der Waals surface area (Å²) in [6.45, 7) is 1.54. The first-order valence-electron chi connectivity index (χ1n) is 10.4. The van der Waals surface area contributed by atoms with Crippen LogP contribution in [-0.4, -0.2) is 46.7 Å². The normalized spacial score (nSPS) is 11.7. The van der Waals surface area contributed by atoms with E-state index in [9.17, 15) is 19.2 Å². The van der Waals surface area contributed by atoms with Gasteiger partial charge < -0.3 is 9.47 Å². The molecule has 1 atom stereocenters. The number of carbonyl (C=O) groups excluding carboxylic acids is 3. The molecule has 0 amide bonds. The van der Waals surface area contributed by atoms with E-state index in [0.717, 1.165) is 14.2 Å². The third kappa shape index (κ3) is 3.77. The molecule has 0 aliphatic heterocycles. The van der Waals surface area contributed by atoms with Crippen molar-refractivity contribution in [1.82, 2.24) is 14.8 Å². The summed E-state index contributed by atoms with van der Waals surface area (Å²) in [4.78, 5) is 56.7. The van der Waals surface area contributed by atoms with Gasteiger partial charge in [0.1, 0.15) is 5.39 Å². The van der Waals surface area contributed by atoms with Crippen molar-refractivity contribution in [3.05, 3.63) is 93.4 Å². The van der Waals surface area contributed by atoms with Gasteiger partial charge in [0.25, 0.3) is 5.56 Å². The van der Waals surface area contributed by atoms with Crippen LogP contribution in [0.4, 0.5) is 0 Å². The molecule has 172 valence electrons. The van der Waals surface area contributed by atoms with Crippen LogP contribution in [0, 0.1) is 0 Å². The van der Waals surface area contributed by atoms with Crippen LogP contribution in [-0.2, 0) is 9.47 Å². The first-order chi connectivity index (χ1) is 16.4.